The number of fused-ring (bicyclic) bond motifs is 1. The lowest BCUT2D eigenvalue weighted by Crippen LogP contribution is -2.27. The number of aryl methyl sites for hydroxylation is 1. The Labute approximate surface area is 226 Å². The molecule has 0 aliphatic carbocycles. The molecule has 0 spiro atoms. The van der Waals surface area contributed by atoms with Crippen molar-refractivity contribution in [3.63, 3.8) is 0 Å². The second-order valence-corrected chi connectivity index (χ2v) is 9.02. The number of nitrogens with zero attached hydrogens (tertiary/aromatic N) is 4. The van der Waals surface area contributed by atoms with Crippen molar-refractivity contribution in [1.82, 2.24) is 24.7 Å². The van der Waals surface area contributed by atoms with E-state index >= 15 is 4.39 Å². The SMILES string of the molecule is CCC(C)Oc1c([C@H](C)c2nc(C)c3c(N)nccn23)cc(Cl)c(F)c1C(=O)NCc1ccccn1.S. The molecule has 0 saturated carbocycles. The van der Waals surface area contributed by atoms with Crippen molar-refractivity contribution in [2.45, 2.75) is 52.7 Å². The number of hydrogen-bond donors (Lipinski definition) is 2. The van der Waals surface area contributed by atoms with Gasteiger partial charge in [-0.05, 0) is 38.5 Å². The number of amides is 1. The number of aromatic nitrogens is 4. The minimum Gasteiger partial charge on any atom is -0.489 e. The molecule has 3 N–H and O–H groups in total. The summed E-state index contributed by atoms with van der Waals surface area (Å²) in [5.74, 6) is -0.801. The van der Waals surface area contributed by atoms with Crippen molar-refractivity contribution in [1.29, 1.82) is 0 Å². The van der Waals surface area contributed by atoms with Crippen LogP contribution in [0, 0.1) is 12.7 Å². The number of hydrogen-bond acceptors (Lipinski definition) is 6. The number of carbonyl (C=O) groups excluding carboxylic acids is 1. The molecular formula is C26H30ClFN6O2S. The van der Waals surface area contributed by atoms with Crippen LogP contribution < -0.4 is 15.8 Å². The zero-order valence-electron chi connectivity index (χ0n) is 21.0. The molecule has 196 valence electrons. The maximum atomic E-state index is 15.4. The maximum absolute atomic E-state index is 15.4. The minimum atomic E-state index is -0.845. The summed E-state index contributed by atoms with van der Waals surface area (Å²) in [6.45, 7) is 7.66. The number of anilines is 1. The van der Waals surface area contributed by atoms with Gasteiger partial charge in [-0.15, -0.1) is 0 Å². The number of rotatable bonds is 8. The van der Waals surface area contributed by atoms with Gasteiger partial charge >= 0.3 is 0 Å². The van der Waals surface area contributed by atoms with E-state index in [0.29, 0.717) is 40.5 Å². The predicted octanol–water partition coefficient (Wildman–Crippen LogP) is 5.18. The number of pyridine rings is 1. The van der Waals surface area contributed by atoms with E-state index < -0.39 is 17.6 Å². The highest BCUT2D eigenvalue weighted by molar-refractivity contribution is 7.59. The lowest BCUT2D eigenvalue weighted by molar-refractivity contribution is 0.0938. The average Bonchev–Trinajstić information content (AvgIpc) is 3.22. The van der Waals surface area contributed by atoms with E-state index in [1.165, 1.54) is 6.07 Å². The molecule has 0 saturated heterocycles. The Morgan fingerprint density at radius 2 is 2.03 bits per heavy atom. The fraction of sp³-hybridized carbons (Fsp3) is 0.308. The Kier molecular flexibility index (Phi) is 8.98. The number of nitrogens with two attached hydrogens (primary N) is 1. The molecule has 1 aromatic carbocycles. The fourth-order valence-electron chi connectivity index (χ4n) is 4.04. The first-order chi connectivity index (χ1) is 17.2. The topological polar surface area (TPSA) is 107 Å². The van der Waals surface area contributed by atoms with Crippen molar-refractivity contribution < 1.29 is 13.9 Å². The summed E-state index contributed by atoms with van der Waals surface area (Å²) in [5.41, 5.74) is 8.39. The van der Waals surface area contributed by atoms with Crippen LogP contribution in [0.2, 0.25) is 5.02 Å². The summed E-state index contributed by atoms with van der Waals surface area (Å²) in [5, 5.41) is 2.55. The number of halogens is 2. The summed E-state index contributed by atoms with van der Waals surface area (Å²) in [7, 11) is 0. The van der Waals surface area contributed by atoms with Gasteiger partial charge in [-0.3, -0.25) is 14.2 Å². The molecule has 4 rings (SSSR count). The molecule has 11 heteroatoms. The number of carbonyl (C=O) groups is 1. The second-order valence-electron chi connectivity index (χ2n) is 8.61. The maximum Gasteiger partial charge on any atom is 0.258 e. The molecule has 0 radical (unpaired) electrons. The van der Waals surface area contributed by atoms with Gasteiger partial charge in [0.2, 0.25) is 0 Å². The van der Waals surface area contributed by atoms with E-state index in [1.807, 2.05) is 38.2 Å². The van der Waals surface area contributed by atoms with Crippen LogP contribution in [-0.4, -0.2) is 31.4 Å². The molecule has 4 aromatic rings. The Balaban J connectivity index is 0.00000380. The zero-order valence-corrected chi connectivity index (χ0v) is 22.8. The van der Waals surface area contributed by atoms with Crippen LogP contribution in [0.1, 0.15) is 66.2 Å². The molecule has 8 nitrogen and oxygen atoms in total. The molecule has 1 unspecified atom stereocenters. The van der Waals surface area contributed by atoms with Crippen molar-refractivity contribution in [3.05, 3.63) is 82.0 Å². The van der Waals surface area contributed by atoms with Crippen LogP contribution in [0.5, 0.6) is 5.75 Å². The average molecular weight is 545 g/mol. The highest BCUT2D eigenvalue weighted by Gasteiger charge is 2.30. The number of nitrogens with one attached hydrogen (secondary N) is 1. The summed E-state index contributed by atoms with van der Waals surface area (Å²) in [4.78, 5) is 26.4. The van der Waals surface area contributed by atoms with Crippen molar-refractivity contribution in [3.8, 4) is 5.75 Å². The van der Waals surface area contributed by atoms with E-state index in [9.17, 15) is 4.79 Å². The Bertz CT molecular complexity index is 1420. The van der Waals surface area contributed by atoms with E-state index in [0.717, 1.165) is 0 Å². The van der Waals surface area contributed by atoms with Crippen LogP contribution in [-0.2, 0) is 6.54 Å². The summed E-state index contributed by atoms with van der Waals surface area (Å²) < 4.78 is 23.4. The third-order valence-corrected chi connectivity index (χ3v) is 6.39. The van der Waals surface area contributed by atoms with Crippen LogP contribution >= 0.6 is 25.1 Å². The van der Waals surface area contributed by atoms with Gasteiger partial charge in [-0.1, -0.05) is 31.5 Å². The van der Waals surface area contributed by atoms with Gasteiger partial charge in [-0.25, -0.2) is 14.4 Å². The Hall–Kier alpha value is -3.37. The molecule has 0 aliphatic heterocycles. The van der Waals surface area contributed by atoms with Crippen LogP contribution in [0.4, 0.5) is 10.2 Å². The molecule has 37 heavy (non-hydrogen) atoms. The molecular weight excluding hydrogens is 515 g/mol. The smallest absolute Gasteiger partial charge is 0.258 e. The largest absolute Gasteiger partial charge is 0.489 e. The van der Waals surface area contributed by atoms with Crippen molar-refractivity contribution in [2.75, 3.05) is 5.73 Å². The number of ether oxygens (including phenoxy) is 1. The van der Waals surface area contributed by atoms with Crippen LogP contribution in [0.15, 0.2) is 42.9 Å². The summed E-state index contributed by atoms with van der Waals surface area (Å²) in [6, 6.07) is 6.85. The molecule has 2 atom stereocenters. The van der Waals surface area contributed by atoms with Crippen LogP contribution in [0.25, 0.3) is 5.52 Å². The lowest BCUT2D eigenvalue weighted by Gasteiger charge is -2.23. The monoisotopic (exact) mass is 544 g/mol. The lowest BCUT2D eigenvalue weighted by atomic mass is 9.95. The van der Waals surface area contributed by atoms with E-state index in [1.54, 1.807) is 30.7 Å². The molecule has 3 aromatic heterocycles. The number of imidazole rings is 1. The van der Waals surface area contributed by atoms with Crippen molar-refractivity contribution in [2.24, 2.45) is 0 Å². The van der Waals surface area contributed by atoms with Gasteiger partial charge in [-0.2, -0.15) is 13.5 Å². The number of nitrogen functional groups attached to an aromatic ring is 1. The summed E-state index contributed by atoms with van der Waals surface area (Å²) in [6.07, 6.45) is 5.35. The first kappa shape index (κ1) is 28.2. The number of benzene rings is 1. The molecule has 3 heterocycles. The fourth-order valence-corrected chi connectivity index (χ4v) is 4.25. The molecule has 0 aliphatic rings. The summed E-state index contributed by atoms with van der Waals surface area (Å²) >= 11 is 6.32. The third-order valence-electron chi connectivity index (χ3n) is 6.12. The van der Waals surface area contributed by atoms with Gasteiger partial charge in [0.25, 0.3) is 5.91 Å². The van der Waals surface area contributed by atoms with Crippen molar-refractivity contribution >= 4 is 42.3 Å². The Morgan fingerprint density at radius 1 is 1.27 bits per heavy atom. The predicted molar refractivity (Wildman–Crippen MR) is 147 cm³/mol. The van der Waals surface area contributed by atoms with Gasteiger partial charge in [0.05, 0.1) is 29.1 Å². The first-order valence-electron chi connectivity index (χ1n) is 11.7. The van der Waals surface area contributed by atoms with Crippen LogP contribution in [0.3, 0.4) is 0 Å². The third kappa shape index (κ3) is 5.65. The van der Waals surface area contributed by atoms with Gasteiger partial charge in [0.15, 0.2) is 5.82 Å². The highest BCUT2D eigenvalue weighted by Crippen LogP contribution is 2.40. The van der Waals surface area contributed by atoms with E-state index in [4.69, 9.17) is 27.1 Å². The quantitative estimate of drug-likeness (QED) is 0.316. The van der Waals surface area contributed by atoms with Gasteiger partial charge in [0.1, 0.15) is 28.5 Å². The molecule has 0 fully saturated rings. The minimum absolute atomic E-state index is 0. The van der Waals surface area contributed by atoms with E-state index in [2.05, 4.69) is 15.3 Å². The van der Waals surface area contributed by atoms with E-state index in [-0.39, 0.29) is 42.5 Å². The molecule has 1 amide bonds. The first-order valence-corrected chi connectivity index (χ1v) is 12.1. The standard InChI is InChI=1S/C26H28ClFN6O2.H2S/c1-5-14(2)36-23-18(15(3)25-33-16(4)22-24(29)31-10-11-34(22)25)12-19(27)21(28)20(23)26(35)32-13-17-8-6-7-9-30-17;/h6-12,14-15H,5,13H2,1-4H3,(H2,29,31)(H,32,35);1H2/t14?,15-;/m0./s1. The normalized spacial score (nSPS) is 12.6. The second kappa shape index (κ2) is 11.8. The zero-order chi connectivity index (χ0) is 26.0. The highest BCUT2D eigenvalue weighted by atomic mass is 35.5. The van der Waals surface area contributed by atoms with Gasteiger partial charge in [0, 0.05) is 30.1 Å². The Morgan fingerprint density at radius 3 is 2.70 bits per heavy atom. The molecule has 0 bridgehead atoms. The van der Waals surface area contributed by atoms with Gasteiger partial charge < -0.3 is 15.8 Å².